The minimum Gasteiger partial charge on any atom is -0.495 e. The number of anilines is 1. The zero-order chi connectivity index (χ0) is 17.0. The van der Waals surface area contributed by atoms with E-state index in [9.17, 15) is 4.79 Å². The Hall–Kier alpha value is -1.63. The van der Waals surface area contributed by atoms with Gasteiger partial charge in [0.05, 0.1) is 23.2 Å². The van der Waals surface area contributed by atoms with Gasteiger partial charge in [0, 0.05) is 23.3 Å². The average molecular weight is 354 g/mol. The standard InChI is InChI=1S/C16H20ClN3O2S/c1-10(20(3)9-13-8-18-11(2)23-13)16(21)19-12-5-6-15(22-4)14(17)7-12/h5-8,10H,9H2,1-4H3,(H,19,21). The molecular formula is C16H20ClN3O2S. The smallest absolute Gasteiger partial charge is 0.241 e. The summed E-state index contributed by atoms with van der Waals surface area (Å²) in [4.78, 5) is 19.7. The van der Waals surface area contributed by atoms with Gasteiger partial charge in [-0.25, -0.2) is 4.98 Å². The van der Waals surface area contributed by atoms with Crippen molar-refractivity contribution in [2.24, 2.45) is 0 Å². The molecule has 2 aromatic rings. The second-order valence-corrected chi connectivity index (χ2v) is 7.00. The van der Waals surface area contributed by atoms with Crippen LogP contribution in [0.4, 0.5) is 5.69 Å². The second-order valence-electron chi connectivity index (χ2n) is 5.28. The number of thiazole rings is 1. The van der Waals surface area contributed by atoms with Crippen LogP contribution in [0.25, 0.3) is 0 Å². The maximum atomic E-state index is 12.4. The number of methoxy groups -OCH3 is 1. The van der Waals surface area contributed by atoms with Crippen LogP contribution in [0.5, 0.6) is 5.75 Å². The van der Waals surface area contributed by atoms with E-state index < -0.39 is 0 Å². The predicted octanol–water partition coefficient (Wildman–Crippen LogP) is 3.57. The third kappa shape index (κ3) is 4.67. The van der Waals surface area contributed by atoms with Crippen molar-refractivity contribution in [1.29, 1.82) is 0 Å². The predicted molar refractivity (Wildman–Crippen MR) is 94.4 cm³/mol. The monoisotopic (exact) mass is 353 g/mol. The molecule has 0 aliphatic carbocycles. The number of aromatic nitrogens is 1. The maximum absolute atomic E-state index is 12.4. The first-order chi connectivity index (χ1) is 10.9. The Morgan fingerprint density at radius 1 is 1.52 bits per heavy atom. The number of aryl methyl sites for hydroxylation is 1. The molecule has 0 bridgehead atoms. The quantitative estimate of drug-likeness (QED) is 0.862. The van der Waals surface area contributed by atoms with Crippen molar-refractivity contribution in [1.82, 2.24) is 9.88 Å². The Morgan fingerprint density at radius 3 is 2.83 bits per heavy atom. The molecule has 0 aliphatic rings. The van der Waals surface area contributed by atoms with E-state index in [0.717, 1.165) is 9.88 Å². The highest BCUT2D eigenvalue weighted by Gasteiger charge is 2.19. The lowest BCUT2D eigenvalue weighted by Gasteiger charge is -2.23. The molecule has 124 valence electrons. The average Bonchev–Trinajstić information content (AvgIpc) is 2.91. The van der Waals surface area contributed by atoms with Crippen LogP contribution in [-0.4, -0.2) is 36.0 Å². The number of halogens is 1. The normalized spacial score (nSPS) is 12.3. The van der Waals surface area contributed by atoms with Crippen LogP contribution in [0.2, 0.25) is 5.02 Å². The van der Waals surface area contributed by atoms with Gasteiger partial charge in [0.1, 0.15) is 5.75 Å². The minimum atomic E-state index is -0.279. The van der Waals surface area contributed by atoms with Gasteiger partial charge in [0.2, 0.25) is 5.91 Å². The molecule has 1 amide bonds. The van der Waals surface area contributed by atoms with E-state index in [1.807, 2.05) is 32.0 Å². The Kier molecular flexibility index (Phi) is 5.98. The van der Waals surface area contributed by atoms with Gasteiger partial charge in [-0.1, -0.05) is 11.6 Å². The highest BCUT2D eigenvalue weighted by molar-refractivity contribution is 7.11. The van der Waals surface area contributed by atoms with Crippen molar-refractivity contribution in [3.05, 3.63) is 39.3 Å². The van der Waals surface area contributed by atoms with Crippen molar-refractivity contribution in [2.45, 2.75) is 26.4 Å². The van der Waals surface area contributed by atoms with Crippen molar-refractivity contribution in [2.75, 3.05) is 19.5 Å². The fourth-order valence-electron chi connectivity index (χ4n) is 2.05. The van der Waals surface area contributed by atoms with Gasteiger partial charge in [-0.2, -0.15) is 0 Å². The highest BCUT2D eigenvalue weighted by atomic mass is 35.5. The molecule has 0 fully saturated rings. The summed E-state index contributed by atoms with van der Waals surface area (Å²) < 4.78 is 5.10. The molecular weight excluding hydrogens is 334 g/mol. The van der Waals surface area contributed by atoms with E-state index >= 15 is 0 Å². The van der Waals surface area contributed by atoms with Crippen LogP contribution in [-0.2, 0) is 11.3 Å². The van der Waals surface area contributed by atoms with Gasteiger partial charge in [-0.05, 0) is 39.1 Å². The van der Waals surface area contributed by atoms with E-state index in [1.165, 1.54) is 0 Å². The molecule has 0 saturated carbocycles. The van der Waals surface area contributed by atoms with Gasteiger partial charge in [-0.15, -0.1) is 11.3 Å². The van der Waals surface area contributed by atoms with Gasteiger partial charge < -0.3 is 10.1 Å². The number of carbonyl (C=O) groups excluding carboxylic acids is 1. The molecule has 1 heterocycles. The van der Waals surface area contributed by atoms with E-state index in [4.69, 9.17) is 16.3 Å². The van der Waals surface area contributed by atoms with Crippen molar-refractivity contribution in [3.63, 3.8) is 0 Å². The number of likely N-dealkylation sites (N-methyl/N-ethyl adjacent to an activating group) is 1. The summed E-state index contributed by atoms with van der Waals surface area (Å²) in [5.74, 6) is 0.491. The first-order valence-corrected chi connectivity index (χ1v) is 8.36. The Bertz CT molecular complexity index is 690. The largest absolute Gasteiger partial charge is 0.495 e. The van der Waals surface area contributed by atoms with Crippen LogP contribution in [0, 0.1) is 6.92 Å². The lowest BCUT2D eigenvalue weighted by atomic mass is 10.2. The fraction of sp³-hybridized carbons (Fsp3) is 0.375. The summed E-state index contributed by atoms with van der Waals surface area (Å²) in [6.45, 7) is 4.52. The summed E-state index contributed by atoms with van der Waals surface area (Å²) in [6.07, 6.45) is 1.85. The second kappa shape index (κ2) is 7.77. The van der Waals surface area contributed by atoms with Crippen molar-refractivity contribution >= 4 is 34.5 Å². The summed E-state index contributed by atoms with van der Waals surface area (Å²) in [7, 11) is 3.47. The molecule has 2 rings (SSSR count). The number of rotatable bonds is 6. The van der Waals surface area contributed by atoms with E-state index in [1.54, 1.807) is 36.6 Å². The van der Waals surface area contributed by atoms with Crippen LogP contribution in [0.15, 0.2) is 24.4 Å². The minimum absolute atomic E-state index is 0.0880. The molecule has 5 nitrogen and oxygen atoms in total. The number of amides is 1. The number of nitrogens with one attached hydrogen (secondary N) is 1. The molecule has 1 N–H and O–H groups in total. The van der Waals surface area contributed by atoms with Crippen LogP contribution >= 0.6 is 22.9 Å². The molecule has 1 unspecified atom stereocenters. The Morgan fingerprint density at radius 2 is 2.26 bits per heavy atom. The number of hydrogen-bond donors (Lipinski definition) is 1. The lowest BCUT2D eigenvalue weighted by Crippen LogP contribution is -2.39. The molecule has 7 heteroatoms. The topological polar surface area (TPSA) is 54.5 Å². The van der Waals surface area contributed by atoms with E-state index in [0.29, 0.717) is 23.0 Å². The number of ether oxygens (including phenoxy) is 1. The van der Waals surface area contributed by atoms with E-state index in [2.05, 4.69) is 10.3 Å². The molecule has 1 aromatic heterocycles. The van der Waals surface area contributed by atoms with Crippen molar-refractivity contribution < 1.29 is 9.53 Å². The van der Waals surface area contributed by atoms with Crippen molar-refractivity contribution in [3.8, 4) is 5.75 Å². The molecule has 1 aromatic carbocycles. The Balaban J connectivity index is 1.97. The van der Waals surface area contributed by atoms with Gasteiger partial charge in [0.15, 0.2) is 0 Å². The van der Waals surface area contributed by atoms with Crippen LogP contribution in [0.3, 0.4) is 0 Å². The Labute approximate surface area is 145 Å². The summed E-state index contributed by atoms with van der Waals surface area (Å²) in [6, 6.07) is 4.89. The number of hydrogen-bond acceptors (Lipinski definition) is 5. The third-order valence-electron chi connectivity index (χ3n) is 3.53. The van der Waals surface area contributed by atoms with Crippen LogP contribution in [0.1, 0.15) is 16.8 Å². The van der Waals surface area contributed by atoms with Gasteiger partial charge >= 0.3 is 0 Å². The van der Waals surface area contributed by atoms with E-state index in [-0.39, 0.29) is 11.9 Å². The molecule has 0 aliphatic heterocycles. The fourth-order valence-corrected chi connectivity index (χ4v) is 3.17. The van der Waals surface area contributed by atoms with Gasteiger partial charge in [0.25, 0.3) is 0 Å². The molecule has 0 saturated heterocycles. The summed E-state index contributed by atoms with van der Waals surface area (Å²) in [5.41, 5.74) is 0.648. The number of nitrogens with zero attached hydrogens (tertiary/aromatic N) is 2. The molecule has 1 atom stereocenters. The first-order valence-electron chi connectivity index (χ1n) is 7.16. The number of carbonyl (C=O) groups is 1. The molecule has 23 heavy (non-hydrogen) atoms. The first kappa shape index (κ1) is 17.7. The summed E-state index contributed by atoms with van der Waals surface area (Å²) in [5, 5.41) is 4.36. The SMILES string of the molecule is COc1ccc(NC(=O)C(C)N(C)Cc2cnc(C)s2)cc1Cl. The maximum Gasteiger partial charge on any atom is 0.241 e. The van der Waals surface area contributed by atoms with Gasteiger partial charge in [-0.3, -0.25) is 9.69 Å². The molecule has 0 radical (unpaired) electrons. The number of benzene rings is 1. The zero-order valence-corrected chi connectivity index (χ0v) is 15.2. The third-order valence-corrected chi connectivity index (χ3v) is 4.73. The lowest BCUT2D eigenvalue weighted by molar-refractivity contribution is -0.120. The molecule has 0 spiro atoms. The summed E-state index contributed by atoms with van der Waals surface area (Å²) >= 11 is 7.71. The zero-order valence-electron chi connectivity index (χ0n) is 13.6. The van der Waals surface area contributed by atoms with Crippen LogP contribution < -0.4 is 10.1 Å². The highest BCUT2D eigenvalue weighted by Crippen LogP contribution is 2.27.